The van der Waals surface area contributed by atoms with E-state index in [0.29, 0.717) is 6.54 Å². The normalized spacial score (nSPS) is 10.5. The lowest BCUT2D eigenvalue weighted by atomic mass is 10.3. The Hall–Kier alpha value is -1.27. The number of hydrogen-bond donors (Lipinski definition) is 1. The van der Waals surface area contributed by atoms with Crippen LogP contribution in [0.1, 0.15) is 5.56 Å². The molecule has 0 aliphatic rings. The third-order valence-electron chi connectivity index (χ3n) is 1.64. The largest absolute Gasteiger partial charge is 0.330 e. The Balaban J connectivity index is 2.23. The van der Waals surface area contributed by atoms with Gasteiger partial charge in [-0.2, -0.15) is 5.10 Å². The average Bonchev–Trinajstić information content (AvgIpc) is 2.70. The third kappa shape index (κ3) is 1.73. The van der Waals surface area contributed by atoms with Crippen molar-refractivity contribution in [3.63, 3.8) is 0 Å². The van der Waals surface area contributed by atoms with Gasteiger partial charge in [-0.05, 0) is 18.5 Å². The Morgan fingerprint density at radius 1 is 1.46 bits per heavy atom. The Bertz CT molecular complexity index is 366. The summed E-state index contributed by atoms with van der Waals surface area (Å²) in [5.41, 5.74) is 6.56. The van der Waals surface area contributed by atoms with Crippen molar-refractivity contribution in [3.05, 3.63) is 24.2 Å². The van der Waals surface area contributed by atoms with Crippen LogP contribution in [0, 0.1) is 0 Å². The van der Waals surface area contributed by atoms with E-state index >= 15 is 0 Å². The molecule has 2 heterocycles. The van der Waals surface area contributed by atoms with Crippen LogP contribution in [0.25, 0.3) is 5.00 Å². The van der Waals surface area contributed by atoms with Gasteiger partial charge in [0.05, 0.1) is 12.4 Å². The number of rotatable bonds is 3. The van der Waals surface area contributed by atoms with Gasteiger partial charge >= 0.3 is 0 Å². The SMILES string of the molecule is NCCc1cnn(-c2cnns2)c1. The first-order valence-electron chi connectivity index (χ1n) is 3.91. The molecule has 0 bridgehead atoms. The van der Waals surface area contributed by atoms with Crippen molar-refractivity contribution in [2.24, 2.45) is 5.73 Å². The molecule has 0 unspecified atom stereocenters. The van der Waals surface area contributed by atoms with Crippen molar-refractivity contribution in [2.45, 2.75) is 6.42 Å². The van der Waals surface area contributed by atoms with Gasteiger partial charge in [0.1, 0.15) is 0 Å². The van der Waals surface area contributed by atoms with Crippen LogP contribution >= 0.6 is 11.5 Å². The van der Waals surface area contributed by atoms with Crippen LogP contribution in [0.5, 0.6) is 0 Å². The molecule has 68 valence electrons. The molecule has 6 heteroatoms. The first-order valence-corrected chi connectivity index (χ1v) is 4.69. The zero-order chi connectivity index (χ0) is 9.10. The lowest BCUT2D eigenvalue weighted by molar-refractivity contribution is 0.892. The van der Waals surface area contributed by atoms with Crippen LogP contribution in [0.2, 0.25) is 0 Å². The monoisotopic (exact) mass is 195 g/mol. The van der Waals surface area contributed by atoms with E-state index in [0.717, 1.165) is 17.0 Å². The highest BCUT2D eigenvalue weighted by Crippen LogP contribution is 2.09. The molecule has 0 aliphatic carbocycles. The first-order chi connectivity index (χ1) is 6.40. The molecular formula is C7H9N5S. The van der Waals surface area contributed by atoms with Gasteiger partial charge in [0.15, 0.2) is 5.00 Å². The van der Waals surface area contributed by atoms with Crippen molar-refractivity contribution >= 4 is 11.5 Å². The van der Waals surface area contributed by atoms with Crippen LogP contribution in [0.15, 0.2) is 18.6 Å². The molecule has 2 N–H and O–H groups in total. The fourth-order valence-electron chi connectivity index (χ4n) is 1.04. The number of nitrogens with zero attached hydrogens (tertiary/aromatic N) is 4. The van der Waals surface area contributed by atoms with Gasteiger partial charge in [-0.1, -0.05) is 4.49 Å². The van der Waals surface area contributed by atoms with Gasteiger partial charge < -0.3 is 5.73 Å². The van der Waals surface area contributed by atoms with E-state index < -0.39 is 0 Å². The van der Waals surface area contributed by atoms with Crippen molar-refractivity contribution in [2.75, 3.05) is 6.54 Å². The zero-order valence-corrected chi connectivity index (χ0v) is 7.74. The highest BCUT2D eigenvalue weighted by molar-refractivity contribution is 7.08. The number of nitrogens with two attached hydrogens (primary N) is 1. The number of aromatic nitrogens is 4. The molecule has 0 amide bonds. The second kappa shape index (κ2) is 3.63. The average molecular weight is 195 g/mol. The van der Waals surface area contributed by atoms with Crippen LogP contribution in [-0.2, 0) is 6.42 Å². The molecule has 13 heavy (non-hydrogen) atoms. The maximum atomic E-state index is 5.43. The minimum atomic E-state index is 0.645. The molecule has 0 saturated heterocycles. The van der Waals surface area contributed by atoms with Crippen molar-refractivity contribution in [3.8, 4) is 5.00 Å². The third-order valence-corrected chi connectivity index (χ3v) is 2.30. The highest BCUT2D eigenvalue weighted by atomic mass is 32.1. The molecule has 0 atom stereocenters. The molecule has 0 aromatic carbocycles. The quantitative estimate of drug-likeness (QED) is 0.761. The molecule has 0 spiro atoms. The summed E-state index contributed by atoms with van der Waals surface area (Å²) in [4.78, 5) is 0. The standard InChI is InChI=1S/C7H9N5S/c8-2-1-6-3-10-12(5-6)7-4-9-11-13-7/h3-5H,1-2,8H2. The molecule has 0 fully saturated rings. The van der Waals surface area contributed by atoms with E-state index in [1.54, 1.807) is 10.9 Å². The van der Waals surface area contributed by atoms with Gasteiger partial charge in [-0.15, -0.1) is 5.10 Å². The topological polar surface area (TPSA) is 69.6 Å². The van der Waals surface area contributed by atoms with E-state index in [-0.39, 0.29) is 0 Å². The van der Waals surface area contributed by atoms with Gasteiger partial charge in [0.2, 0.25) is 0 Å². The van der Waals surface area contributed by atoms with Gasteiger partial charge in [0, 0.05) is 17.7 Å². The van der Waals surface area contributed by atoms with Crippen LogP contribution in [0.4, 0.5) is 0 Å². The fourth-order valence-corrected chi connectivity index (χ4v) is 1.50. The molecule has 0 aliphatic heterocycles. The predicted molar refractivity (Wildman–Crippen MR) is 49.8 cm³/mol. The first kappa shape index (κ1) is 8.33. The smallest absolute Gasteiger partial charge is 0.157 e. The molecule has 2 aromatic heterocycles. The summed E-state index contributed by atoms with van der Waals surface area (Å²) in [7, 11) is 0. The van der Waals surface area contributed by atoms with Gasteiger partial charge in [0.25, 0.3) is 0 Å². The maximum Gasteiger partial charge on any atom is 0.157 e. The molecule has 0 radical (unpaired) electrons. The van der Waals surface area contributed by atoms with Crippen LogP contribution in [-0.4, -0.2) is 25.9 Å². The van der Waals surface area contributed by atoms with Crippen LogP contribution in [0.3, 0.4) is 0 Å². The van der Waals surface area contributed by atoms with E-state index in [1.165, 1.54) is 11.5 Å². The maximum absolute atomic E-state index is 5.43. The summed E-state index contributed by atoms with van der Waals surface area (Å²) < 4.78 is 5.52. The van der Waals surface area contributed by atoms with E-state index in [2.05, 4.69) is 14.7 Å². The fraction of sp³-hybridized carbons (Fsp3) is 0.286. The lowest BCUT2D eigenvalue weighted by Crippen LogP contribution is -2.01. The Kier molecular flexibility index (Phi) is 2.33. The Morgan fingerprint density at radius 3 is 3.08 bits per heavy atom. The van der Waals surface area contributed by atoms with Gasteiger partial charge in [-0.25, -0.2) is 4.68 Å². The second-order valence-corrected chi connectivity index (χ2v) is 3.35. The zero-order valence-electron chi connectivity index (χ0n) is 6.92. The second-order valence-electron chi connectivity index (χ2n) is 2.59. The minimum Gasteiger partial charge on any atom is -0.330 e. The van der Waals surface area contributed by atoms with E-state index in [4.69, 9.17) is 5.73 Å². The predicted octanol–water partition coefficient (Wildman–Crippen LogP) is 0.225. The summed E-state index contributed by atoms with van der Waals surface area (Å²) >= 11 is 1.32. The highest BCUT2D eigenvalue weighted by Gasteiger charge is 2.01. The van der Waals surface area contributed by atoms with E-state index in [9.17, 15) is 0 Å². The van der Waals surface area contributed by atoms with Gasteiger partial charge in [-0.3, -0.25) is 0 Å². The Labute approximate surface area is 79.4 Å². The molecule has 2 rings (SSSR count). The number of hydrogen-bond acceptors (Lipinski definition) is 5. The Morgan fingerprint density at radius 2 is 2.38 bits per heavy atom. The van der Waals surface area contributed by atoms with Crippen molar-refractivity contribution in [1.82, 2.24) is 19.4 Å². The molecule has 0 saturated carbocycles. The summed E-state index contributed by atoms with van der Waals surface area (Å²) in [6.45, 7) is 0.645. The molecule has 5 nitrogen and oxygen atoms in total. The van der Waals surface area contributed by atoms with Crippen molar-refractivity contribution < 1.29 is 0 Å². The minimum absolute atomic E-state index is 0.645. The van der Waals surface area contributed by atoms with E-state index in [1.807, 2.05) is 12.4 Å². The summed E-state index contributed by atoms with van der Waals surface area (Å²) in [6.07, 6.45) is 6.30. The van der Waals surface area contributed by atoms with Crippen molar-refractivity contribution in [1.29, 1.82) is 0 Å². The summed E-state index contributed by atoms with van der Waals surface area (Å²) in [6, 6.07) is 0. The van der Waals surface area contributed by atoms with Crippen LogP contribution < -0.4 is 5.73 Å². The molecular weight excluding hydrogens is 186 g/mol. The summed E-state index contributed by atoms with van der Waals surface area (Å²) in [5.74, 6) is 0. The summed E-state index contributed by atoms with van der Waals surface area (Å²) in [5, 5.41) is 8.83. The lowest BCUT2D eigenvalue weighted by Gasteiger charge is -1.91. The molecule has 2 aromatic rings.